The quantitative estimate of drug-likeness (QED) is 0.668. The summed E-state index contributed by atoms with van der Waals surface area (Å²) in [7, 11) is 1.79. The number of hydrogen-bond donors (Lipinski definition) is 1. The average molecular weight is 393 g/mol. The lowest BCUT2D eigenvalue weighted by Crippen LogP contribution is -2.35. The van der Waals surface area contributed by atoms with Gasteiger partial charge >= 0.3 is 0 Å². The lowest BCUT2D eigenvalue weighted by atomic mass is 9.91. The van der Waals surface area contributed by atoms with Crippen molar-refractivity contribution in [3.05, 3.63) is 71.2 Å². The minimum absolute atomic E-state index is 0.0576. The van der Waals surface area contributed by atoms with Crippen LogP contribution in [0.4, 0.5) is 0 Å². The first-order chi connectivity index (χ1) is 14.2. The summed E-state index contributed by atoms with van der Waals surface area (Å²) < 4.78 is 7.37. The molecule has 0 aliphatic heterocycles. The van der Waals surface area contributed by atoms with Crippen molar-refractivity contribution in [2.45, 2.75) is 51.9 Å². The minimum Gasteiger partial charge on any atom is -0.467 e. The second-order valence-electron chi connectivity index (χ2n) is 7.51. The van der Waals surface area contributed by atoms with E-state index in [1.165, 1.54) is 5.69 Å². The van der Waals surface area contributed by atoms with Crippen LogP contribution < -0.4 is 5.32 Å². The molecule has 7 nitrogen and oxygen atoms in total. The highest BCUT2D eigenvalue weighted by Crippen LogP contribution is 2.26. The number of nitrogens with one attached hydrogen (secondary N) is 1. The normalized spacial score (nSPS) is 15.9. The Hall–Kier alpha value is -2.93. The molecule has 1 atom stereocenters. The largest absolute Gasteiger partial charge is 0.467 e. The van der Waals surface area contributed by atoms with Gasteiger partial charge in [0.2, 0.25) is 0 Å². The van der Waals surface area contributed by atoms with Gasteiger partial charge < -0.3 is 14.6 Å². The first-order valence-corrected chi connectivity index (χ1v) is 10.1. The van der Waals surface area contributed by atoms with Crippen molar-refractivity contribution in [3.8, 4) is 0 Å². The van der Waals surface area contributed by atoms with Crippen LogP contribution in [0.2, 0.25) is 0 Å². The zero-order valence-corrected chi connectivity index (χ0v) is 17.0. The number of nitrogens with zero attached hydrogens (tertiary/aromatic N) is 4. The van der Waals surface area contributed by atoms with Gasteiger partial charge in [-0.1, -0.05) is 6.07 Å². The van der Waals surface area contributed by atoms with Crippen molar-refractivity contribution < 1.29 is 9.21 Å². The fourth-order valence-corrected chi connectivity index (χ4v) is 3.95. The van der Waals surface area contributed by atoms with Gasteiger partial charge in [0.05, 0.1) is 12.8 Å². The fourth-order valence-electron chi connectivity index (χ4n) is 3.95. The third-order valence-electron chi connectivity index (χ3n) is 5.49. The number of furan rings is 1. The van der Waals surface area contributed by atoms with Crippen LogP contribution in [0.5, 0.6) is 0 Å². The predicted molar refractivity (Wildman–Crippen MR) is 109 cm³/mol. The van der Waals surface area contributed by atoms with Crippen LogP contribution in [0.25, 0.3) is 0 Å². The Kier molecular flexibility index (Phi) is 5.76. The molecule has 1 aliphatic rings. The molecule has 7 heteroatoms. The maximum absolute atomic E-state index is 13.1. The number of carbonyl (C=O) groups excluding carboxylic acids is 1. The molecule has 29 heavy (non-hydrogen) atoms. The van der Waals surface area contributed by atoms with Gasteiger partial charge in [0, 0.05) is 49.8 Å². The number of hydrogen-bond acceptors (Lipinski definition) is 5. The van der Waals surface area contributed by atoms with E-state index in [2.05, 4.69) is 28.4 Å². The van der Waals surface area contributed by atoms with E-state index in [4.69, 9.17) is 4.42 Å². The maximum atomic E-state index is 13.1. The lowest BCUT2D eigenvalue weighted by molar-refractivity contribution is 0.0767. The summed E-state index contributed by atoms with van der Waals surface area (Å²) in [5, 5.41) is 8.29. The molecule has 0 aromatic carbocycles. The van der Waals surface area contributed by atoms with Gasteiger partial charge in [-0.05, 0) is 49.9 Å². The Bertz CT molecular complexity index is 949. The molecule has 1 aliphatic carbocycles. The Morgan fingerprint density at radius 2 is 2.28 bits per heavy atom. The number of carbonyl (C=O) groups is 1. The zero-order chi connectivity index (χ0) is 20.2. The van der Waals surface area contributed by atoms with Crippen LogP contribution in [0.15, 0.2) is 47.3 Å². The van der Waals surface area contributed by atoms with Crippen LogP contribution in [-0.4, -0.2) is 38.7 Å². The van der Waals surface area contributed by atoms with Gasteiger partial charge in [0.15, 0.2) is 5.69 Å². The summed E-state index contributed by atoms with van der Waals surface area (Å²) in [4.78, 5) is 19.0. The number of fused-ring (bicyclic) bond motifs is 1. The third-order valence-corrected chi connectivity index (χ3v) is 5.49. The standard InChI is InChI=1S/C22H27N5O2/c1-3-27-20-9-8-17(24-14-16-6-4-10-23-13-16)12-19(20)21(25-27)22(28)26(2)15-18-7-5-11-29-18/h4-7,10-11,13,17,24H,3,8-9,12,14-15H2,1-2H3. The van der Waals surface area contributed by atoms with Crippen molar-refractivity contribution in [2.75, 3.05) is 7.05 Å². The molecule has 3 aromatic rings. The Balaban J connectivity index is 1.49. The van der Waals surface area contributed by atoms with Crippen molar-refractivity contribution >= 4 is 5.91 Å². The topological polar surface area (TPSA) is 76.2 Å². The number of aryl methyl sites for hydroxylation is 1. The number of pyridine rings is 1. The molecule has 0 saturated heterocycles. The summed E-state index contributed by atoms with van der Waals surface area (Å²) in [5.41, 5.74) is 4.01. The van der Waals surface area contributed by atoms with E-state index in [9.17, 15) is 4.79 Å². The highest BCUT2D eigenvalue weighted by molar-refractivity contribution is 5.94. The van der Waals surface area contributed by atoms with Gasteiger partial charge in [-0.15, -0.1) is 0 Å². The summed E-state index contributed by atoms with van der Waals surface area (Å²) in [6, 6.07) is 8.05. The summed E-state index contributed by atoms with van der Waals surface area (Å²) in [5.74, 6) is 0.707. The molecule has 1 amide bonds. The van der Waals surface area contributed by atoms with E-state index in [-0.39, 0.29) is 5.91 Å². The number of rotatable bonds is 7. The summed E-state index contributed by atoms with van der Waals surface area (Å²) in [6.07, 6.45) is 8.07. The van der Waals surface area contributed by atoms with Crippen LogP contribution >= 0.6 is 0 Å². The van der Waals surface area contributed by atoms with E-state index < -0.39 is 0 Å². The molecule has 0 radical (unpaired) electrons. The average Bonchev–Trinajstić information content (AvgIpc) is 3.39. The predicted octanol–water partition coefficient (Wildman–Crippen LogP) is 2.81. The van der Waals surface area contributed by atoms with Crippen molar-refractivity contribution in [3.63, 3.8) is 0 Å². The van der Waals surface area contributed by atoms with Gasteiger partial charge in [-0.2, -0.15) is 5.10 Å². The molecule has 152 valence electrons. The highest BCUT2D eigenvalue weighted by Gasteiger charge is 2.30. The van der Waals surface area contributed by atoms with E-state index in [0.717, 1.165) is 49.2 Å². The minimum atomic E-state index is -0.0576. The molecule has 0 fully saturated rings. The first kappa shape index (κ1) is 19.4. The smallest absolute Gasteiger partial charge is 0.274 e. The second kappa shape index (κ2) is 8.61. The maximum Gasteiger partial charge on any atom is 0.274 e. The molecule has 0 spiro atoms. The first-order valence-electron chi connectivity index (χ1n) is 10.1. The molecule has 3 aromatic heterocycles. The van der Waals surface area contributed by atoms with Crippen LogP contribution in [-0.2, 0) is 32.5 Å². The molecular formula is C22H27N5O2. The van der Waals surface area contributed by atoms with Gasteiger partial charge in [0.1, 0.15) is 5.76 Å². The number of aromatic nitrogens is 3. The third kappa shape index (κ3) is 4.24. The van der Waals surface area contributed by atoms with E-state index in [0.29, 0.717) is 18.3 Å². The number of amides is 1. The van der Waals surface area contributed by atoms with Crippen LogP contribution in [0.1, 0.15) is 46.4 Å². The van der Waals surface area contributed by atoms with Crippen molar-refractivity contribution in [1.29, 1.82) is 0 Å². The second-order valence-corrected chi connectivity index (χ2v) is 7.51. The van der Waals surface area contributed by atoms with Crippen molar-refractivity contribution in [2.24, 2.45) is 0 Å². The zero-order valence-electron chi connectivity index (χ0n) is 17.0. The van der Waals surface area contributed by atoms with E-state index in [1.807, 2.05) is 29.1 Å². The lowest BCUT2D eigenvalue weighted by Gasteiger charge is -2.25. The molecular weight excluding hydrogens is 366 g/mol. The van der Waals surface area contributed by atoms with Gasteiger partial charge in [0.25, 0.3) is 5.91 Å². The molecule has 0 bridgehead atoms. The van der Waals surface area contributed by atoms with Gasteiger partial charge in [-0.3, -0.25) is 14.5 Å². The van der Waals surface area contributed by atoms with Crippen LogP contribution in [0.3, 0.4) is 0 Å². The Labute approximate surface area is 170 Å². The van der Waals surface area contributed by atoms with Crippen molar-refractivity contribution in [1.82, 2.24) is 25.0 Å². The molecule has 3 heterocycles. The SMILES string of the molecule is CCn1nc(C(=O)N(C)Cc2ccco2)c2c1CCC(NCc1cccnc1)C2. The Morgan fingerprint density at radius 3 is 3.00 bits per heavy atom. The fraction of sp³-hybridized carbons (Fsp3) is 0.409. The van der Waals surface area contributed by atoms with Gasteiger partial charge in [-0.25, -0.2) is 0 Å². The Morgan fingerprint density at radius 1 is 1.38 bits per heavy atom. The summed E-state index contributed by atoms with van der Waals surface area (Å²) >= 11 is 0. The molecule has 4 rings (SSSR count). The molecule has 1 N–H and O–H groups in total. The molecule has 1 unspecified atom stereocenters. The summed E-state index contributed by atoms with van der Waals surface area (Å²) in [6.45, 7) is 4.05. The monoisotopic (exact) mass is 393 g/mol. The molecule has 0 saturated carbocycles. The van der Waals surface area contributed by atoms with E-state index >= 15 is 0 Å². The van der Waals surface area contributed by atoms with Crippen LogP contribution in [0, 0.1) is 0 Å². The highest BCUT2D eigenvalue weighted by atomic mass is 16.3. The van der Waals surface area contributed by atoms with E-state index in [1.54, 1.807) is 24.4 Å².